The number of hydrogen-bond acceptors (Lipinski definition) is 5. The first kappa shape index (κ1) is 20.7. The zero-order valence-corrected chi connectivity index (χ0v) is 17.4. The number of amides is 1. The molecule has 0 atom stereocenters. The molecule has 1 amide bonds. The Morgan fingerprint density at radius 2 is 1.74 bits per heavy atom. The smallest absolute Gasteiger partial charge is 0.338 e. The summed E-state index contributed by atoms with van der Waals surface area (Å²) in [6.45, 7) is 4.77. The lowest BCUT2D eigenvalue weighted by Gasteiger charge is -2.28. The molecule has 1 N–H and O–H groups in total. The number of carbonyl (C=O) groups is 2. The highest BCUT2D eigenvalue weighted by atomic mass is 16.5. The molecule has 0 unspecified atom stereocenters. The van der Waals surface area contributed by atoms with Crippen LogP contribution in [-0.2, 0) is 14.3 Å². The lowest BCUT2D eigenvalue weighted by atomic mass is 10.1. The molecule has 31 heavy (non-hydrogen) atoms. The summed E-state index contributed by atoms with van der Waals surface area (Å²) < 4.78 is 12.5. The van der Waals surface area contributed by atoms with Gasteiger partial charge < -0.3 is 24.3 Å². The van der Waals surface area contributed by atoms with Gasteiger partial charge >= 0.3 is 5.97 Å². The quantitative estimate of drug-likeness (QED) is 0.620. The Kier molecular flexibility index (Phi) is 6.33. The predicted molar refractivity (Wildman–Crippen MR) is 119 cm³/mol. The number of morpholine rings is 1. The van der Waals surface area contributed by atoms with Crippen LogP contribution in [0, 0.1) is 6.92 Å². The summed E-state index contributed by atoms with van der Waals surface area (Å²) in [6.07, 6.45) is 3.82. The van der Waals surface area contributed by atoms with Gasteiger partial charge in [0.15, 0.2) is 6.61 Å². The van der Waals surface area contributed by atoms with Crippen molar-refractivity contribution < 1.29 is 19.1 Å². The van der Waals surface area contributed by atoms with E-state index in [1.165, 1.54) is 0 Å². The standard InChI is InChI=1S/C24H25N3O4/c1-18-4-5-19(16-22(18)27-10-2-3-11-27)24(29)31-17-23(28)25-20-6-8-21(9-7-20)26-12-14-30-15-13-26/h2-11,16H,12-15,17H2,1H3,(H,25,28). The summed E-state index contributed by atoms with van der Waals surface area (Å²) in [7, 11) is 0. The van der Waals surface area contributed by atoms with Crippen molar-refractivity contribution in [3.8, 4) is 5.69 Å². The number of esters is 1. The number of aryl methyl sites for hydroxylation is 1. The maximum atomic E-state index is 12.4. The third-order valence-electron chi connectivity index (χ3n) is 5.19. The molecule has 1 aliphatic rings. The molecular formula is C24H25N3O4. The average Bonchev–Trinajstić information content (AvgIpc) is 3.34. The van der Waals surface area contributed by atoms with Gasteiger partial charge in [0.2, 0.25) is 0 Å². The first-order valence-corrected chi connectivity index (χ1v) is 10.2. The van der Waals surface area contributed by atoms with Gasteiger partial charge in [-0.15, -0.1) is 0 Å². The Balaban J connectivity index is 1.31. The van der Waals surface area contributed by atoms with Crippen molar-refractivity contribution in [2.24, 2.45) is 0 Å². The SMILES string of the molecule is Cc1ccc(C(=O)OCC(=O)Nc2ccc(N3CCOCC3)cc2)cc1-n1cccc1. The lowest BCUT2D eigenvalue weighted by Crippen LogP contribution is -2.36. The van der Waals surface area contributed by atoms with Gasteiger partial charge in [-0.25, -0.2) is 4.79 Å². The fourth-order valence-electron chi connectivity index (χ4n) is 3.50. The molecule has 0 radical (unpaired) electrons. The van der Waals surface area contributed by atoms with Crippen molar-refractivity contribution in [2.45, 2.75) is 6.92 Å². The number of ether oxygens (including phenoxy) is 2. The van der Waals surface area contributed by atoms with Crippen LogP contribution in [0.15, 0.2) is 67.0 Å². The van der Waals surface area contributed by atoms with Crippen molar-refractivity contribution in [1.82, 2.24) is 4.57 Å². The van der Waals surface area contributed by atoms with Gasteiger partial charge in [0.05, 0.1) is 18.8 Å². The third-order valence-corrected chi connectivity index (χ3v) is 5.19. The van der Waals surface area contributed by atoms with E-state index in [0.717, 1.165) is 43.2 Å². The van der Waals surface area contributed by atoms with Gasteiger partial charge in [-0.2, -0.15) is 0 Å². The highest BCUT2D eigenvalue weighted by Gasteiger charge is 2.14. The predicted octanol–water partition coefficient (Wildman–Crippen LogP) is 3.42. The number of hydrogen-bond donors (Lipinski definition) is 1. The van der Waals surface area contributed by atoms with Crippen LogP contribution in [0.1, 0.15) is 15.9 Å². The molecule has 0 bridgehead atoms. The number of carbonyl (C=O) groups excluding carboxylic acids is 2. The number of rotatable bonds is 6. The topological polar surface area (TPSA) is 72.8 Å². The first-order chi connectivity index (χ1) is 15.1. The van der Waals surface area contributed by atoms with Crippen molar-refractivity contribution >= 4 is 23.3 Å². The summed E-state index contributed by atoms with van der Waals surface area (Å²) in [5, 5.41) is 2.76. The highest BCUT2D eigenvalue weighted by Crippen LogP contribution is 2.19. The first-order valence-electron chi connectivity index (χ1n) is 10.2. The summed E-state index contributed by atoms with van der Waals surface area (Å²) in [5.74, 6) is -0.920. The van der Waals surface area contributed by atoms with Crippen LogP contribution in [0.3, 0.4) is 0 Å². The summed E-state index contributed by atoms with van der Waals surface area (Å²) in [5.41, 5.74) is 4.07. The van der Waals surface area contributed by atoms with Gasteiger partial charge in [-0.3, -0.25) is 4.79 Å². The molecule has 2 aromatic carbocycles. The molecule has 1 aliphatic heterocycles. The third kappa shape index (κ3) is 5.13. The minimum absolute atomic E-state index is 0.350. The second-order valence-electron chi connectivity index (χ2n) is 7.36. The molecule has 2 heterocycles. The van der Waals surface area contributed by atoms with Crippen LogP contribution in [0.2, 0.25) is 0 Å². The van der Waals surface area contributed by atoms with E-state index in [0.29, 0.717) is 11.3 Å². The second kappa shape index (κ2) is 9.49. The van der Waals surface area contributed by atoms with Gasteiger partial charge in [0.1, 0.15) is 0 Å². The van der Waals surface area contributed by atoms with Crippen LogP contribution < -0.4 is 10.2 Å². The molecule has 160 valence electrons. The van der Waals surface area contributed by atoms with E-state index in [1.54, 1.807) is 12.1 Å². The molecule has 7 nitrogen and oxygen atoms in total. The Bertz CT molecular complexity index is 1040. The molecule has 7 heteroatoms. The molecule has 0 spiro atoms. The van der Waals surface area contributed by atoms with E-state index in [1.807, 2.05) is 66.3 Å². The van der Waals surface area contributed by atoms with Crippen molar-refractivity contribution in [3.05, 3.63) is 78.1 Å². The van der Waals surface area contributed by atoms with E-state index in [9.17, 15) is 9.59 Å². The van der Waals surface area contributed by atoms with Crippen molar-refractivity contribution in [3.63, 3.8) is 0 Å². The number of benzene rings is 2. The molecule has 1 aromatic heterocycles. The van der Waals surface area contributed by atoms with E-state index >= 15 is 0 Å². The van der Waals surface area contributed by atoms with E-state index in [4.69, 9.17) is 9.47 Å². The van der Waals surface area contributed by atoms with E-state index in [-0.39, 0.29) is 12.5 Å². The molecular weight excluding hydrogens is 394 g/mol. The summed E-state index contributed by atoms with van der Waals surface area (Å²) >= 11 is 0. The summed E-state index contributed by atoms with van der Waals surface area (Å²) in [6, 6.07) is 16.8. The summed E-state index contributed by atoms with van der Waals surface area (Å²) in [4.78, 5) is 26.9. The lowest BCUT2D eigenvalue weighted by molar-refractivity contribution is -0.119. The zero-order valence-electron chi connectivity index (χ0n) is 17.4. The van der Waals surface area contributed by atoms with Crippen LogP contribution in [0.4, 0.5) is 11.4 Å². The van der Waals surface area contributed by atoms with Crippen LogP contribution in [0.5, 0.6) is 0 Å². The number of aromatic nitrogens is 1. The fourth-order valence-corrected chi connectivity index (χ4v) is 3.50. The Morgan fingerprint density at radius 3 is 2.45 bits per heavy atom. The molecule has 0 aliphatic carbocycles. The van der Waals surface area contributed by atoms with Gasteiger partial charge in [0, 0.05) is 42.5 Å². The Morgan fingerprint density at radius 1 is 1.03 bits per heavy atom. The highest BCUT2D eigenvalue weighted by molar-refractivity contribution is 5.95. The number of nitrogens with one attached hydrogen (secondary N) is 1. The van der Waals surface area contributed by atoms with E-state index in [2.05, 4.69) is 10.2 Å². The molecule has 4 rings (SSSR count). The van der Waals surface area contributed by atoms with Gasteiger partial charge in [0.25, 0.3) is 5.91 Å². The number of nitrogens with zero attached hydrogens (tertiary/aromatic N) is 2. The van der Waals surface area contributed by atoms with Crippen LogP contribution >= 0.6 is 0 Å². The Hall–Kier alpha value is -3.58. The largest absolute Gasteiger partial charge is 0.452 e. The second-order valence-corrected chi connectivity index (χ2v) is 7.36. The molecule has 3 aromatic rings. The van der Waals surface area contributed by atoms with Crippen molar-refractivity contribution in [1.29, 1.82) is 0 Å². The monoisotopic (exact) mass is 419 g/mol. The maximum Gasteiger partial charge on any atom is 0.338 e. The van der Waals surface area contributed by atoms with E-state index < -0.39 is 5.97 Å². The fraction of sp³-hybridized carbons (Fsp3) is 0.250. The zero-order chi connectivity index (χ0) is 21.6. The minimum atomic E-state index is -0.536. The normalized spacial score (nSPS) is 13.6. The minimum Gasteiger partial charge on any atom is -0.452 e. The molecule has 1 saturated heterocycles. The average molecular weight is 419 g/mol. The van der Waals surface area contributed by atoms with Crippen LogP contribution in [0.25, 0.3) is 5.69 Å². The Labute approximate surface area is 181 Å². The van der Waals surface area contributed by atoms with Gasteiger partial charge in [-0.1, -0.05) is 6.07 Å². The molecule has 1 fully saturated rings. The van der Waals surface area contributed by atoms with Gasteiger partial charge in [-0.05, 0) is 61.0 Å². The van der Waals surface area contributed by atoms with Crippen molar-refractivity contribution in [2.75, 3.05) is 43.1 Å². The van der Waals surface area contributed by atoms with Crippen LogP contribution in [-0.4, -0.2) is 49.4 Å². The molecule has 0 saturated carbocycles. The number of anilines is 2. The maximum absolute atomic E-state index is 12.4.